The molecule has 9 heteroatoms. The van der Waals surface area contributed by atoms with Gasteiger partial charge in [0.15, 0.2) is 0 Å². The number of thiocarbonyl (C=S) groups is 1. The number of carbonyl (C=O) groups is 2. The Morgan fingerprint density at radius 2 is 2.03 bits per heavy atom. The molecule has 30 heavy (non-hydrogen) atoms. The van der Waals surface area contributed by atoms with Gasteiger partial charge in [0, 0.05) is 37.5 Å². The summed E-state index contributed by atoms with van der Waals surface area (Å²) >= 11 is 8.35. The zero-order valence-electron chi connectivity index (χ0n) is 17.1. The molecule has 0 atom stereocenters. The van der Waals surface area contributed by atoms with Gasteiger partial charge in [-0.2, -0.15) is 0 Å². The maximum Gasteiger partial charge on any atom is 0.266 e. The Hall–Kier alpha value is -1.26. The van der Waals surface area contributed by atoms with E-state index in [-0.39, 0.29) is 11.8 Å². The maximum absolute atomic E-state index is 12.6. The van der Waals surface area contributed by atoms with E-state index in [4.69, 9.17) is 17.0 Å². The first kappa shape index (κ1) is 23.4. The van der Waals surface area contributed by atoms with E-state index < -0.39 is 0 Å². The molecule has 164 valence electrons. The number of ether oxygens (including phenoxy) is 1. The van der Waals surface area contributed by atoms with Crippen LogP contribution in [0.3, 0.4) is 0 Å². The lowest BCUT2D eigenvalue weighted by Gasteiger charge is -2.26. The van der Waals surface area contributed by atoms with Crippen molar-refractivity contribution >= 4 is 57.5 Å². The van der Waals surface area contributed by atoms with Crippen LogP contribution in [-0.4, -0.2) is 71.9 Å². The molecule has 2 aliphatic heterocycles. The minimum atomic E-state index is -0.00332. The number of nitrogens with zero attached hydrogens (tertiary/aromatic N) is 2. The zero-order chi connectivity index (χ0) is 21.2. The van der Waals surface area contributed by atoms with Crippen molar-refractivity contribution in [3.05, 3.63) is 27.3 Å². The second kappa shape index (κ2) is 12.6. The van der Waals surface area contributed by atoms with Crippen molar-refractivity contribution in [3.63, 3.8) is 0 Å². The predicted octanol–water partition coefficient (Wildman–Crippen LogP) is 3.35. The Bertz CT molecular complexity index is 746. The Morgan fingerprint density at radius 1 is 1.20 bits per heavy atom. The molecule has 1 N–H and O–H groups in total. The molecule has 1 aromatic rings. The first-order valence-corrected chi connectivity index (χ1v) is 12.6. The van der Waals surface area contributed by atoms with Crippen molar-refractivity contribution in [2.75, 3.05) is 45.9 Å². The molecule has 1 aromatic heterocycles. The number of thiophene rings is 1. The molecule has 2 amide bonds. The molecule has 0 aromatic carbocycles. The van der Waals surface area contributed by atoms with Gasteiger partial charge in [-0.05, 0) is 43.3 Å². The van der Waals surface area contributed by atoms with Gasteiger partial charge < -0.3 is 10.1 Å². The molecule has 0 unspecified atom stereocenters. The highest BCUT2D eigenvalue weighted by Gasteiger charge is 2.31. The second-order valence-electron chi connectivity index (χ2n) is 7.32. The van der Waals surface area contributed by atoms with E-state index in [0.29, 0.717) is 22.2 Å². The highest BCUT2D eigenvalue weighted by atomic mass is 32.2. The predicted molar refractivity (Wildman–Crippen MR) is 128 cm³/mol. The van der Waals surface area contributed by atoms with Crippen LogP contribution < -0.4 is 5.32 Å². The first-order chi connectivity index (χ1) is 14.6. The Balaban J connectivity index is 1.24. The number of unbranched alkanes of at least 4 members (excludes halogenated alkanes) is 2. The van der Waals surface area contributed by atoms with Crippen LogP contribution in [0.2, 0.25) is 0 Å². The fourth-order valence-electron chi connectivity index (χ4n) is 3.37. The number of amides is 2. The number of hydrogen-bond donors (Lipinski definition) is 1. The van der Waals surface area contributed by atoms with Crippen molar-refractivity contribution in [3.8, 4) is 0 Å². The molecule has 3 rings (SSSR count). The van der Waals surface area contributed by atoms with Gasteiger partial charge in [0.25, 0.3) is 5.91 Å². The molecule has 0 saturated carbocycles. The highest BCUT2D eigenvalue weighted by Crippen LogP contribution is 2.33. The standard InChI is InChI=1S/C21H29N3O3S3/c25-19(22-8-5-9-23-11-13-27-14-12-23)7-2-1-3-10-24-20(26)18(30-21(24)28)16-17-6-4-15-29-17/h4,6,15-16H,1-3,5,7-14H2,(H,22,25)/b18-16+. The van der Waals surface area contributed by atoms with Crippen LogP contribution >= 0.6 is 35.3 Å². The number of morpholine rings is 1. The summed E-state index contributed by atoms with van der Waals surface area (Å²) in [6.07, 6.45) is 6.00. The monoisotopic (exact) mass is 467 g/mol. The van der Waals surface area contributed by atoms with Gasteiger partial charge in [-0.1, -0.05) is 36.5 Å². The average molecular weight is 468 g/mol. The van der Waals surface area contributed by atoms with Crippen molar-refractivity contribution in [2.45, 2.75) is 32.1 Å². The molecule has 6 nitrogen and oxygen atoms in total. The SMILES string of the molecule is O=C(CCCCCN1C(=O)/C(=C\c2cccs2)SC1=S)NCCCN1CCOCC1. The van der Waals surface area contributed by atoms with Crippen LogP contribution in [0.25, 0.3) is 6.08 Å². The summed E-state index contributed by atoms with van der Waals surface area (Å²) in [6.45, 7) is 5.95. The van der Waals surface area contributed by atoms with Gasteiger partial charge in [0.2, 0.25) is 5.91 Å². The van der Waals surface area contributed by atoms with Gasteiger partial charge >= 0.3 is 0 Å². The summed E-state index contributed by atoms with van der Waals surface area (Å²) in [7, 11) is 0. The molecule has 3 heterocycles. The van der Waals surface area contributed by atoms with E-state index in [1.165, 1.54) is 11.8 Å². The topological polar surface area (TPSA) is 61.9 Å². The summed E-state index contributed by atoms with van der Waals surface area (Å²) in [4.78, 5) is 30.3. The number of thioether (sulfide) groups is 1. The van der Waals surface area contributed by atoms with Crippen LogP contribution in [0.4, 0.5) is 0 Å². The van der Waals surface area contributed by atoms with Crippen LogP contribution in [0.15, 0.2) is 22.4 Å². The lowest BCUT2D eigenvalue weighted by Crippen LogP contribution is -2.38. The summed E-state index contributed by atoms with van der Waals surface area (Å²) < 4.78 is 5.96. The molecule has 0 radical (unpaired) electrons. The van der Waals surface area contributed by atoms with Crippen LogP contribution in [-0.2, 0) is 14.3 Å². The van der Waals surface area contributed by atoms with Crippen LogP contribution in [0.1, 0.15) is 37.0 Å². The smallest absolute Gasteiger partial charge is 0.266 e. The largest absolute Gasteiger partial charge is 0.379 e. The van der Waals surface area contributed by atoms with Crippen molar-refractivity contribution in [1.29, 1.82) is 0 Å². The molecule has 2 aliphatic rings. The fraction of sp³-hybridized carbons (Fsp3) is 0.571. The summed E-state index contributed by atoms with van der Waals surface area (Å²) in [5.74, 6) is 0.109. The van der Waals surface area contributed by atoms with E-state index in [9.17, 15) is 9.59 Å². The maximum atomic E-state index is 12.6. The summed E-state index contributed by atoms with van der Waals surface area (Å²) in [5, 5.41) is 5.00. The summed E-state index contributed by atoms with van der Waals surface area (Å²) in [6, 6.07) is 3.96. The molecule has 0 bridgehead atoms. The van der Waals surface area contributed by atoms with E-state index in [1.54, 1.807) is 16.2 Å². The zero-order valence-corrected chi connectivity index (χ0v) is 19.6. The lowest BCUT2D eigenvalue weighted by molar-refractivity contribution is -0.122. The van der Waals surface area contributed by atoms with E-state index in [2.05, 4.69) is 10.2 Å². The second-order valence-corrected chi connectivity index (χ2v) is 9.97. The van der Waals surface area contributed by atoms with Gasteiger partial charge in [-0.3, -0.25) is 19.4 Å². The molecule has 2 fully saturated rings. The molecule has 0 spiro atoms. The van der Waals surface area contributed by atoms with E-state index >= 15 is 0 Å². The number of hydrogen-bond acceptors (Lipinski definition) is 7. The third-order valence-electron chi connectivity index (χ3n) is 5.05. The fourth-order valence-corrected chi connectivity index (χ4v) is 5.40. The number of nitrogens with one attached hydrogen (secondary N) is 1. The van der Waals surface area contributed by atoms with Crippen molar-refractivity contribution in [1.82, 2.24) is 15.1 Å². The molecular formula is C21H29N3O3S3. The van der Waals surface area contributed by atoms with E-state index in [0.717, 1.165) is 70.0 Å². The van der Waals surface area contributed by atoms with Gasteiger partial charge in [-0.15, -0.1) is 11.3 Å². The molecular weight excluding hydrogens is 438 g/mol. The third kappa shape index (κ3) is 7.46. The Labute approximate surface area is 192 Å². The van der Waals surface area contributed by atoms with Crippen molar-refractivity contribution in [2.24, 2.45) is 0 Å². The van der Waals surface area contributed by atoms with Gasteiger partial charge in [0.1, 0.15) is 4.32 Å². The third-order valence-corrected chi connectivity index (χ3v) is 7.25. The Morgan fingerprint density at radius 3 is 2.80 bits per heavy atom. The van der Waals surface area contributed by atoms with Gasteiger partial charge in [0.05, 0.1) is 18.1 Å². The van der Waals surface area contributed by atoms with Crippen LogP contribution in [0.5, 0.6) is 0 Å². The van der Waals surface area contributed by atoms with E-state index in [1.807, 2.05) is 23.6 Å². The normalized spacial score (nSPS) is 19.1. The van der Waals surface area contributed by atoms with Crippen LogP contribution in [0, 0.1) is 0 Å². The minimum Gasteiger partial charge on any atom is -0.379 e. The lowest BCUT2D eigenvalue weighted by atomic mass is 10.2. The first-order valence-electron chi connectivity index (χ1n) is 10.5. The minimum absolute atomic E-state index is 0.00332. The number of carbonyl (C=O) groups excluding carboxylic acids is 2. The Kier molecular flexibility index (Phi) is 9.80. The molecule has 0 aliphatic carbocycles. The van der Waals surface area contributed by atoms with Gasteiger partial charge in [-0.25, -0.2) is 0 Å². The molecule has 2 saturated heterocycles. The highest BCUT2D eigenvalue weighted by molar-refractivity contribution is 8.26. The number of rotatable bonds is 11. The summed E-state index contributed by atoms with van der Waals surface area (Å²) in [5.41, 5.74) is 0. The average Bonchev–Trinajstić information content (AvgIpc) is 3.35. The van der Waals surface area contributed by atoms with Crippen molar-refractivity contribution < 1.29 is 14.3 Å². The quantitative estimate of drug-likeness (QED) is 0.306.